The molecule has 0 unspecified atom stereocenters. The predicted octanol–water partition coefficient (Wildman–Crippen LogP) is 3.46. The van der Waals surface area contributed by atoms with Crippen molar-refractivity contribution in [2.45, 2.75) is 26.8 Å². The van der Waals surface area contributed by atoms with E-state index in [9.17, 15) is 14.0 Å². The van der Waals surface area contributed by atoms with E-state index in [0.717, 1.165) is 5.56 Å². The Hall–Kier alpha value is -2.28. The normalized spacial score (nSPS) is 11.8. The number of nitrogens with zero attached hydrogens (tertiary/aromatic N) is 2. The van der Waals surface area contributed by atoms with Crippen LogP contribution < -0.4 is 5.32 Å². The lowest BCUT2D eigenvalue weighted by atomic mass is 10.1. The average molecular weight is 335 g/mol. The molecule has 7 heteroatoms. The Balaban J connectivity index is 2.18. The lowest BCUT2D eigenvalue weighted by Gasteiger charge is -2.27. The number of hydrogen-bond acceptors (Lipinski definition) is 4. The largest absolute Gasteiger partial charge is 0.331 e. The second kappa shape index (κ2) is 7.32. The van der Waals surface area contributed by atoms with Gasteiger partial charge in [-0.1, -0.05) is 12.1 Å². The second-order valence-electron chi connectivity index (χ2n) is 5.04. The Bertz CT molecular complexity index is 700. The van der Waals surface area contributed by atoms with Gasteiger partial charge in [-0.3, -0.25) is 9.59 Å². The Morgan fingerprint density at radius 2 is 2.00 bits per heavy atom. The fraction of sp³-hybridized carbons (Fsp3) is 0.312. The average Bonchev–Trinajstić information content (AvgIpc) is 2.96. The molecule has 0 spiro atoms. The number of carbonyl (C=O) groups excluding carboxylic acids is 2. The summed E-state index contributed by atoms with van der Waals surface area (Å²) in [6.45, 7) is 5.64. The predicted molar refractivity (Wildman–Crippen MR) is 87.9 cm³/mol. The fourth-order valence-corrected chi connectivity index (χ4v) is 2.97. The van der Waals surface area contributed by atoms with Crippen LogP contribution in [0.4, 0.5) is 9.52 Å². The van der Waals surface area contributed by atoms with Crippen molar-refractivity contribution in [2.75, 3.05) is 11.9 Å². The summed E-state index contributed by atoms with van der Waals surface area (Å²) in [6.07, 6.45) is 0. The number of rotatable bonds is 5. The molecule has 1 aromatic carbocycles. The van der Waals surface area contributed by atoms with Crippen molar-refractivity contribution in [3.8, 4) is 0 Å². The first-order valence-corrected chi connectivity index (χ1v) is 8.10. The van der Waals surface area contributed by atoms with Crippen LogP contribution in [0.1, 0.15) is 42.9 Å². The fourth-order valence-electron chi connectivity index (χ4n) is 2.24. The Labute approximate surface area is 138 Å². The van der Waals surface area contributed by atoms with Crippen LogP contribution >= 0.6 is 11.3 Å². The summed E-state index contributed by atoms with van der Waals surface area (Å²) >= 11 is 1.20. The van der Waals surface area contributed by atoms with E-state index < -0.39 is 0 Å². The van der Waals surface area contributed by atoms with Crippen molar-refractivity contribution >= 4 is 28.3 Å². The highest BCUT2D eigenvalue weighted by molar-refractivity contribution is 7.14. The van der Waals surface area contributed by atoms with Gasteiger partial charge in [0.2, 0.25) is 5.91 Å². The van der Waals surface area contributed by atoms with E-state index in [1.165, 1.54) is 30.4 Å². The number of amides is 2. The van der Waals surface area contributed by atoms with Crippen molar-refractivity contribution in [1.82, 2.24) is 9.88 Å². The maximum atomic E-state index is 13.0. The molecule has 0 radical (unpaired) electrons. The molecule has 1 N–H and O–H groups in total. The highest BCUT2D eigenvalue weighted by Gasteiger charge is 2.23. The van der Waals surface area contributed by atoms with E-state index in [0.29, 0.717) is 11.7 Å². The molecule has 0 bridgehead atoms. The minimum Gasteiger partial charge on any atom is -0.331 e. The van der Waals surface area contributed by atoms with Gasteiger partial charge in [0.15, 0.2) is 5.13 Å². The van der Waals surface area contributed by atoms with E-state index in [1.54, 1.807) is 22.4 Å². The number of hydrogen-bond donors (Lipinski definition) is 1. The van der Waals surface area contributed by atoms with Gasteiger partial charge in [-0.15, -0.1) is 11.3 Å². The monoisotopic (exact) mass is 335 g/mol. The van der Waals surface area contributed by atoms with E-state index in [4.69, 9.17) is 0 Å². The molecular weight excluding hydrogens is 317 g/mol. The third kappa shape index (κ3) is 4.13. The van der Waals surface area contributed by atoms with Crippen LogP contribution in [0, 0.1) is 5.82 Å². The van der Waals surface area contributed by atoms with Crippen molar-refractivity contribution in [2.24, 2.45) is 0 Å². The summed E-state index contributed by atoms with van der Waals surface area (Å²) in [7, 11) is 0. The van der Waals surface area contributed by atoms with Crippen molar-refractivity contribution in [1.29, 1.82) is 0 Å². The molecule has 0 aliphatic rings. The van der Waals surface area contributed by atoms with E-state index in [-0.39, 0.29) is 29.4 Å². The van der Waals surface area contributed by atoms with Crippen LogP contribution in [0.2, 0.25) is 0 Å². The molecule has 2 aromatic rings. The topological polar surface area (TPSA) is 62.3 Å². The zero-order valence-electron chi connectivity index (χ0n) is 13.2. The van der Waals surface area contributed by atoms with Gasteiger partial charge in [-0.25, -0.2) is 9.37 Å². The minimum atomic E-state index is -0.310. The summed E-state index contributed by atoms with van der Waals surface area (Å²) in [5.74, 6) is -0.766. The van der Waals surface area contributed by atoms with Crippen LogP contribution in [0.25, 0.3) is 0 Å². The third-order valence-electron chi connectivity index (χ3n) is 3.43. The molecule has 0 aliphatic heterocycles. The van der Waals surface area contributed by atoms with Gasteiger partial charge < -0.3 is 10.2 Å². The second-order valence-corrected chi connectivity index (χ2v) is 5.90. The molecule has 0 saturated carbocycles. The number of nitrogens with one attached hydrogen (secondary N) is 1. The first-order chi connectivity index (χ1) is 10.9. The van der Waals surface area contributed by atoms with Crippen LogP contribution in [0.15, 0.2) is 29.6 Å². The zero-order valence-corrected chi connectivity index (χ0v) is 14.0. The first-order valence-electron chi connectivity index (χ1n) is 7.22. The highest BCUT2D eigenvalue weighted by Crippen LogP contribution is 2.24. The highest BCUT2D eigenvalue weighted by atomic mass is 32.1. The lowest BCUT2D eigenvalue weighted by Crippen LogP contribution is -2.33. The van der Waals surface area contributed by atoms with Crippen molar-refractivity contribution < 1.29 is 14.0 Å². The molecule has 1 aromatic heterocycles. The summed E-state index contributed by atoms with van der Waals surface area (Å²) in [5.41, 5.74) is 1.13. The maximum Gasteiger partial charge on any atom is 0.273 e. The van der Waals surface area contributed by atoms with Gasteiger partial charge in [-0.05, 0) is 31.5 Å². The van der Waals surface area contributed by atoms with Crippen LogP contribution in [0.5, 0.6) is 0 Å². The summed E-state index contributed by atoms with van der Waals surface area (Å²) in [5, 5.41) is 4.57. The molecule has 0 aliphatic carbocycles. The number of carbonyl (C=O) groups is 2. The van der Waals surface area contributed by atoms with Gasteiger partial charge in [0.05, 0.1) is 6.04 Å². The van der Waals surface area contributed by atoms with Gasteiger partial charge in [0, 0.05) is 18.8 Å². The SMILES string of the molecule is CCN(C(=O)c1csc(NC(C)=O)n1)[C@H](C)c1ccc(F)cc1. The summed E-state index contributed by atoms with van der Waals surface area (Å²) < 4.78 is 13.0. The van der Waals surface area contributed by atoms with Gasteiger partial charge in [0.25, 0.3) is 5.91 Å². The zero-order chi connectivity index (χ0) is 17.0. The first kappa shape index (κ1) is 17.1. The molecule has 5 nitrogen and oxygen atoms in total. The Kier molecular flexibility index (Phi) is 5.44. The lowest BCUT2D eigenvalue weighted by molar-refractivity contribution is -0.114. The van der Waals surface area contributed by atoms with E-state index in [2.05, 4.69) is 10.3 Å². The quantitative estimate of drug-likeness (QED) is 0.910. The van der Waals surface area contributed by atoms with Gasteiger partial charge in [0.1, 0.15) is 11.5 Å². The molecule has 1 heterocycles. The Morgan fingerprint density at radius 1 is 1.35 bits per heavy atom. The number of thiazole rings is 1. The molecule has 2 amide bonds. The molecule has 0 fully saturated rings. The molecule has 23 heavy (non-hydrogen) atoms. The Morgan fingerprint density at radius 3 is 2.57 bits per heavy atom. The maximum absolute atomic E-state index is 13.0. The molecule has 2 rings (SSSR count). The van der Waals surface area contributed by atoms with Crippen molar-refractivity contribution in [3.05, 3.63) is 46.7 Å². The molecule has 122 valence electrons. The standard InChI is InChI=1S/C16H18FN3O2S/c1-4-20(10(2)12-5-7-13(17)8-6-12)15(22)14-9-23-16(19-14)18-11(3)21/h5-10H,4H2,1-3H3,(H,18,19,21)/t10-/m1/s1. The number of aromatic nitrogens is 1. The van der Waals surface area contributed by atoms with E-state index in [1.807, 2.05) is 13.8 Å². The molecule has 1 atom stereocenters. The smallest absolute Gasteiger partial charge is 0.273 e. The van der Waals surface area contributed by atoms with Crippen LogP contribution in [0.3, 0.4) is 0 Å². The number of benzene rings is 1. The minimum absolute atomic E-state index is 0.209. The van der Waals surface area contributed by atoms with Gasteiger partial charge in [-0.2, -0.15) is 0 Å². The summed E-state index contributed by atoms with van der Waals surface area (Å²) in [6, 6.07) is 5.88. The van der Waals surface area contributed by atoms with E-state index >= 15 is 0 Å². The molecule has 0 saturated heterocycles. The van der Waals surface area contributed by atoms with Crippen molar-refractivity contribution in [3.63, 3.8) is 0 Å². The van der Waals surface area contributed by atoms with Crippen LogP contribution in [-0.2, 0) is 4.79 Å². The number of halogens is 1. The summed E-state index contributed by atoms with van der Waals surface area (Å²) in [4.78, 5) is 29.5. The van der Waals surface area contributed by atoms with Gasteiger partial charge >= 0.3 is 0 Å². The third-order valence-corrected chi connectivity index (χ3v) is 4.19. The number of anilines is 1. The molecular formula is C16H18FN3O2S. The van der Waals surface area contributed by atoms with Crippen LogP contribution in [-0.4, -0.2) is 28.2 Å².